The second-order valence-corrected chi connectivity index (χ2v) is 6.20. The van der Waals surface area contributed by atoms with E-state index < -0.39 is 0 Å². The average molecular weight is 320 g/mol. The van der Waals surface area contributed by atoms with Crippen LogP contribution in [0.3, 0.4) is 0 Å². The highest BCUT2D eigenvalue weighted by atomic mass is 79.9. The first-order chi connectivity index (χ1) is 9.24. The van der Waals surface area contributed by atoms with Crippen molar-refractivity contribution in [2.24, 2.45) is 0 Å². The highest BCUT2D eigenvalue weighted by molar-refractivity contribution is 9.10. The topological polar surface area (TPSA) is 32.3 Å². The van der Waals surface area contributed by atoms with Gasteiger partial charge in [0.05, 0.1) is 0 Å². The lowest BCUT2D eigenvalue weighted by atomic mass is 9.93. The Hall–Kier alpha value is -1.06. The molecule has 3 rings (SSSR count). The molecule has 1 saturated heterocycles. The van der Waals surface area contributed by atoms with Gasteiger partial charge in [0.2, 0.25) is 0 Å². The van der Waals surface area contributed by atoms with Gasteiger partial charge in [0.1, 0.15) is 5.75 Å². The molecule has 0 bridgehead atoms. The van der Waals surface area contributed by atoms with Crippen LogP contribution in [0.5, 0.6) is 5.75 Å². The van der Waals surface area contributed by atoms with Crippen molar-refractivity contribution in [2.45, 2.75) is 31.7 Å². The number of aromatic hydroxyl groups is 1. The Kier molecular flexibility index (Phi) is 3.76. The highest BCUT2D eigenvalue weighted by Gasteiger charge is 2.16. The van der Waals surface area contributed by atoms with E-state index >= 15 is 0 Å². The molecule has 2 nitrogen and oxygen atoms in total. The highest BCUT2D eigenvalue weighted by Crippen LogP contribution is 2.31. The van der Waals surface area contributed by atoms with Gasteiger partial charge in [-0.05, 0) is 54.8 Å². The molecule has 1 aliphatic heterocycles. The third-order valence-corrected chi connectivity index (χ3v) is 4.42. The van der Waals surface area contributed by atoms with Crippen LogP contribution >= 0.6 is 15.9 Å². The van der Waals surface area contributed by atoms with Crippen LogP contribution in [0, 0.1) is 0 Å². The molecule has 0 saturated carbocycles. The summed E-state index contributed by atoms with van der Waals surface area (Å²) >= 11 is 3.50. The number of phenolic OH excluding ortho intramolecular Hbond substituents is 1. The largest absolute Gasteiger partial charge is 0.508 e. The molecule has 0 aliphatic carbocycles. The fourth-order valence-electron chi connectivity index (χ4n) is 2.91. The van der Waals surface area contributed by atoms with Crippen molar-refractivity contribution in [1.29, 1.82) is 0 Å². The minimum absolute atomic E-state index is 0.419. The van der Waals surface area contributed by atoms with E-state index in [1.165, 1.54) is 24.6 Å². The molecule has 100 valence electrons. The van der Waals surface area contributed by atoms with E-state index in [0.29, 0.717) is 11.8 Å². The lowest BCUT2D eigenvalue weighted by molar-refractivity contribution is 0.393. The summed E-state index contributed by atoms with van der Waals surface area (Å²) in [4.78, 5) is 0. The third kappa shape index (κ3) is 2.77. The summed E-state index contributed by atoms with van der Waals surface area (Å²) < 4.78 is 1.08. The van der Waals surface area contributed by atoms with Gasteiger partial charge in [-0.15, -0.1) is 0 Å². The minimum atomic E-state index is 0.419. The lowest BCUT2D eigenvalue weighted by Gasteiger charge is -2.24. The normalized spacial score (nSPS) is 19.7. The van der Waals surface area contributed by atoms with E-state index in [9.17, 15) is 5.11 Å². The van der Waals surface area contributed by atoms with Crippen LogP contribution in [0.15, 0.2) is 34.8 Å². The molecule has 2 aromatic carbocycles. The monoisotopic (exact) mass is 319 g/mol. The molecule has 0 aromatic heterocycles. The number of halogens is 1. The Labute approximate surface area is 122 Å². The molecule has 1 heterocycles. The van der Waals surface area contributed by atoms with Crippen molar-refractivity contribution < 1.29 is 5.11 Å². The third-order valence-electron chi connectivity index (χ3n) is 3.93. The Morgan fingerprint density at radius 2 is 2.11 bits per heavy atom. The van der Waals surface area contributed by atoms with Gasteiger partial charge in [0.15, 0.2) is 0 Å². The van der Waals surface area contributed by atoms with E-state index in [0.717, 1.165) is 28.4 Å². The maximum absolute atomic E-state index is 10.2. The molecule has 2 aromatic rings. The van der Waals surface area contributed by atoms with Gasteiger partial charge in [-0.1, -0.05) is 34.5 Å². The van der Waals surface area contributed by atoms with Crippen molar-refractivity contribution >= 4 is 26.7 Å². The van der Waals surface area contributed by atoms with Gasteiger partial charge >= 0.3 is 0 Å². The smallest absolute Gasteiger partial charge is 0.119 e. The second kappa shape index (κ2) is 5.51. The minimum Gasteiger partial charge on any atom is -0.508 e. The van der Waals surface area contributed by atoms with Gasteiger partial charge in [-0.2, -0.15) is 0 Å². The maximum atomic E-state index is 10.2. The van der Waals surface area contributed by atoms with Crippen molar-refractivity contribution in [3.63, 3.8) is 0 Å². The first kappa shape index (κ1) is 12.9. The standard InChI is InChI=1S/C16H18BrNO/c17-12-5-6-14-11(9-12)4-7-16(19)15(14)10-13-3-1-2-8-18-13/h4-7,9,13,18-19H,1-3,8,10H2. The second-order valence-electron chi connectivity index (χ2n) is 5.28. The predicted octanol–water partition coefficient (Wildman–Crippen LogP) is 3.99. The quantitative estimate of drug-likeness (QED) is 0.877. The molecule has 1 unspecified atom stereocenters. The van der Waals surface area contributed by atoms with E-state index in [-0.39, 0.29) is 0 Å². The van der Waals surface area contributed by atoms with Gasteiger partial charge in [-0.3, -0.25) is 0 Å². The molecular formula is C16H18BrNO. The average Bonchev–Trinajstić information content (AvgIpc) is 2.43. The van der Waals surface area contributed by atoms with Gasteiger partial charge < -0.3 is 10.4 Å². The molecule has 1 atom stereocenters. The summed E-state index contributed by atoms with van der Waals surface area (Å²) in [7, 11) is 0. The summed E-state index contributed by atoms with van der Waals surface area (Å²) in [6.07, 6.45) is 4.66. The summed E-state index contributed by atoms with van der Waals surface area (Å²) in [5, 5.41) is 16.1. The number of fused-ring (bicyclic) bond motifs is 1. The first-order valence-corrected chi connectivity index (χ1v) is 7.67. The van der Waals surface area contributed by atoms with Gasteiger partial charge in [-0.25, -0.2) is 0 Å². The summed E-state index contributed by atoms with van der Waals surface area (Å²) in [5.74, 6) is 0.419. The Balaban J connectivity index is 1.98. The Morgan fingerprint density at radius 1 is 1.21 bits per heavy atom. The summed E-state index contributed by atoms with van der Waals surface area (Å²) in [5.41, 5.74) is 1.07. The van der Waals surface area contributed by atoms with Crippen molar-refractivity contribution in [3.05, 3.63) is 40.4 Å². The first-order valence-electron chi connectivity index (χ1n) is 6.87. The van der Waals surface area contributed by atoms with Gasteiger partial charge in [0, 0.05) is 16.1 Å². The van der Waals surface area contributed by atoms with Crippen LogP contribution in [0.25, 0.3) is 10.8 Å². The predicted molar refractivity (Wildman–Crippen MR) is 82.7 cm³/mol. The van der Waals surface area contributed by atoms with Crippen molar-refractivity contribution in [3.8, 4) is 5.75 Å². The van der Waals surface area contributed by atoms with E-state index in [1.807, 2.05) is 18.2 Å². The van der Waals surface area contributed by atoms with E-state index in [1.54, 1.807) is 0 Å². The maximum Gasteiger partial charge on any atom is 0.119 e. The molecule has 0 radical (unpaired) electrons. The van der Waals surface area contributed by atoms with Crippen molar-refractivity contribution in [1.82, 2.24) is 5.32 Å². The molecule has 1 aliphatic rings. The van der Waals surface area contributed by atoms with Gasteiger partial charge in [0.25, 0.3) is 0 Å². The van der Waals surface area contributed by atoms with Crippen LogP contribution in [0.2, 0.25) is 0 Å². The molecule has 0 spiro atoms. The lowest BCUT2D eigenvalue weighted by Crippen LogP contribution is -2.35. The van der Waals surface area contributed by atoms with E-state index in [4.69, 9.17) is 0 Å². The van der Waals surface area contributed by atoms with Crippen LogP contribution < -0.4 is 5.32 Å². The molecule has 19 heavy (non-hydrogen) atoms. The fourth-order valence-corrected chi connectivity index (χ4v) is 3.29. The molecule has 1 fully saturated rings. The fraction of sp³-hybridized carbons (Fsp3) is 0.375. The molecular weight excluding hydrogens is 302 g/mol. The number of hydrogen-bond acceptors (Lipinski definition) is 2. The number of nitrogens with one attached hydrogen (secondary N) is 1. The van der Waals surface area contributed by atoms with Crippen molar-refractivity contribution in [2.75, 3.05) is 6.54 Å². The summed E-state index contributed by atoms with van der Waals surface area (Å²) in [6, 6.07) is 10.5. The Morgan fingerprint density at radius 3 is 2.89 bits per heavy atom. The number of hydrogen-bond donors (Lipinski definition) is 2. The van der Waals surface area contributed by atoms with Crippen LogP contribution in [0.4, 0.5) is 0 Å². The van der Waals surface area contributed by atoms with E-state index in [2.05, 4.69) is 33.4 Å². The Bertz CT molecular complexity index is 591. The number of rotatable bonds is 2. The number of piperidine rings is 1. The SMILES string of the molecule is Oc1ccc2cc(Br)ccc2c1CC1CCCCN1. The number of benzene rings is 2. The zero-order valence-electron chi connectivity index (χ0n) is 10.8. The van der Waals surface area contributed by atoms with Crippen LogP contribution in [-0.2, 0) is 6.42 Å². The zero-order valence-corrected chi connectivity index (χ0v) is 12.4. The molecule has 3 heteroatoms. The summed E-state index contributed by atoms with van der Waals surface area (Å²) in [6.45, 7) is 1.10. The zero-order chi connectivity index (χ0) is 13.2. The number of phenols is 1. The molecule has 0 amide bonds. The molecule has 2 N–H and O–H groups in total. The van der Waals surface area contributed by atoms with Crippen LogP contribution in [0.1, 0.15) is 24.8 Å². The van der Waals surface area contributed by atoms with Crippen LogP contribution in [-0.4, -0.2) is 17.7 Å².